The number of nitrogens with zero attached hydrogens (tertiary/aromatic N) is 1. The molecule has 0 radical (unpaired) electrons. The van der Waals surface area contributed by atoms with Crippen LogP contribution >= 0.6 is 0 Å². The molecule has 3 atom stereocenters. The number of nitrogens with one attached hydrogen (secondary N) is 1. The van der Waals surface area contributed by atoms with Gasteiger partial charge in [0.05, 0.1) is 12.4 Å². The van der Waals surface area contributed by atoms with Gasteiger partial charge < -0.3 is 5.32 Å². The molecule has 3 aliphatic rings. The van der Waals surface area contributed by atoms with Crippen molar-refractivity contribution in [2.45, 2.75) is 32.1 Å². The second kappa shape index (κ2) is 3.00. The van der Waals surface area contributed by atoms with E-state index < -0.39 is 0 Å². The van der Waals surface area contributed by atoms with E-state index in [1.165, 1.54) is 37.9 Å². The van der Waals surface area contributed by atoms with Crippen LogP contribution in [-0.4, -0.2) is 18.9 Å². The minimum atomic E-state index is 0.975. The first-order valence-corrected chi connectivity index (χ1v) is 5.69. The average molecular weight is 178 g/mol. The molecular formula is C11H18N2. The molecule has 0 aromatic rings. The summed E-state index contributed by atoms with van der Waals surface area (Å²) in [6.45, 7) is 2.09. The Kier molecular flexibility index (Phi) is 1.81. The van der Waals surface area contributed by atoms with Crippen molar-refractivity contribution in [1.82, 2.24) is 5.32 Å². The molecule has 3 unspecified atom stereocenters. The largest absolute Gasteiger partial charge is 0.372 e. The summed E-state index contributed by atoms with van der Waals surface area (Å²) in [6, 6.07) is 0. The molecule has 0 saturated heterocycles. The lowest BCUT2D eigenvalue weighted by molar-refractivity contribution is 0.341. The van der Waals surface area contributed by atoms with E-state index in [9.17, 15) is 0 Å². The van der Waals surface area contributed by atoms with Crippen molar-refractivity contribution in [3.8, 4) is 0 Å². The third-order valence-electron chi connectivity index (χ3n) is 4.08. The van der Waals surface area contributed by atoms with Crippen molar-refractivity contribution in [2.75, 3.05) is 13.1 Å². The first-order chi connectivity index (χ1) is 6.42. The summed E-state index contributed by atoms with van der Waals surface area (Å²) >= 11 is 0. The van der Waals surface area contributed by atoms with Crippen LogP contribution in [0.15, 0.2) is 4.99 Å². The Bertz CT molecular complexity index is 234. The zero-order valence-corrected chi connectivity index (χ0v) is 8.13. The lowest BCUT2D eigenvalue weighted by atomic mass is 9.86. The summed E-state index contributed by atoms with van der Waals surface area (Å²) in [6.07, 6.45) is 7.29. The Hall–Kier alpha value is -0.530. The van der Waals surface area contributed by atoms with Crippen molar-refractivity contribution in [3.63, 3.8) is 0 Å². The molecule has 1 N–H and O–H groups in total. The lowest BCUT2D eigenvalue weighted by Gasteiger charge is -2.21. The molecule has 0 amide bonds. The molecular weight excluding hydrogens is 160 g/mol. The van der Waals surface area contributed by atoms with Crippen molar-refractivity contribution in [3.05, 3.63) is 0 Å². The molecule has 1 aliphatic heterocycles. The number of rotatable bonds is 2. The maximum atomic E-state index is 4.49. The predicted molar refractivity (Wildman–Crippen MR) is 53.9 cm³/mol. The van der Waals surface area contributed by atoms with Gasteiger partial charge in [0.1, 0.15) is 0 Å². The van der Waals surface area contributed by atoms with Crippen LogP contribution in [-0.2, 0) is 0 Å². The molecule has 2 saturated carbocycles. The van der Waals surface area contributed by atoms with Crippen molar-refractivity contribution in [1.29, 1.82) is 0 Å². The van der Waals surface area contributed by atoms with Gasteiger partial charge in [-0.15, -0.1) is 0 Å². The third-order valence-corrected chi connectivity index (χ3v) is 4.08. The highest BCUT2D eigenvalue weighted by Crippen LogP contribution is 2.49. The van der Waals surface area contributed by atoms with E-state index in [1.807, 2.05) is 0 Å². The molecule has 1 heterocycles. The smallest absolute Gasteiger partial charge is 0.0967 e. The predicted octanol–water partition coefficient (Wildman–Crippen LogP) is 1.81. The van der Waals surface area contributed by atoms with Gasteiger partial charge in [0.2, 0.25) is 0 Å². The summed E-state index contributed by atoms with van der Waals surface area (Å²) in [5.74, 6) is 4.41. The maximum absolute atomic E-state index is 4.49. The highest BCUT2D eigenvalue weighted by molar-refractivity contribution is 5.83. The van der Waals surface area contributed by atoms with E-state index in [1.54, 1.807) is 0 Å². The van der Waals surface area contributed by atoms with Crippen LogP contribution in [0.2, 0.25) is 0 Å². The standard InChI is InChI=1S/C11H18N2/c1-2-9-5-8(1)6-10(9)7-11-12-3-4-13-11/h8-10H,1-7H2,(H,12,13). The molecule has 3 rings (SSSR count). The van der Waals surface area contributed by atoms with E-state index >= 15 is 0 Å². The first-order valence-electron chi connectivity index (χ1n) is 5.69. The van der Waals surface area contributed by atoms with E-state index in [2.05, 4.69) is 10.3 Å². The topological polar surface area (TPSA) is 24.4 Å². The molecule has 2 heteroatoms. The van der Waals surface area contributed by atoms with Crippen LogP contribution in [0.1, 0.15) is 32.1 Å². The zero-order valence-electron chi connectivity index (χ0n) is 8.13. The second-order valence-corrected chi connectivity index (χ2v) is 4.89. The summed E-state index contributed by atoms with van der Waals surface area (Å²) in [4.78, 5) is 4.49. The monoisotopic (exact) mass is 178 g/mol. The van der Waals surface area contributed by atoms with Gasteiger partial charge in [-0.25, -0.2) is 0 Å². The van der Waals surface area contributed by atoms with Crippen LogP contribution in [0.5, 0.6) is 0 Å². The number of aliphatic imine (C=N–C) groups is 1. The number of amidine groups is 1. The van der Waals surface area contributed by atoms with Gasteiger partial charge in [-0.2, -0.15) is 0 Å². The molecule has 2 bridgehead atoms. The van der Waals surface area contributed by atoms with Gasteiger partial charge in [0.25, 0.3) is 0 Å². The molecule has 0 aromatic heterocycles. The maximum Gasteiger partial charge on any atom is 0.0967 e. The van der Waals surface area contributed by atoms with E-state index in [4.69, 9.17) is 0 Å². The molecule has 2 fully saturated rings. The molecule has 13 heavy (non-hydrogen) atoms. The minimum Gasteiger partial charge on any atom is -0.372 e. The van der Waals surface area contributed by atoms with Gasteiger partial charge in [-0.3, -0.25) is 4.99 Å². The summed E-state index contributed by atoms with van der Waals surface area (Å²) in [5.41, 5.74) is 0. The Balaban J connectivity index is 1.61. The molecule has 0 aromatic carbocycles. The molecule has 0 spiro atoms. The zero-order chi connectivity index (χ0) is 8.67. The van der Waals surface area contributed by atoms with Gasteiger partial charge in [0, 0.05) is 13.0 Å². The second-order valence-electron chi connectivity index (χ2n) is 4.89. The van der Waals surface area contributed by atoms with Crippen LogP contribution in [0.4, 0.5) is 0 Å². The Morgan fingerprint density at radius 2 is 2.31 bits per heavy atom. The number of hydrogen-bond acceptors (Lipinski definition) is 2. The van der Waals surface area contributed by atoms with E-state index in [-0.39, 0.29) is 0 Å². The Labute approximate surface area is 79.8 Å². The number of fused-ring (bicyclic) bond motifs is 2. The Morgan fingerprint density at radius 1 is 1.31 bits per heavy atom. The third kappa shape index (κ3) is 1.36. The fourth-order valence-corrected chi connectivity index (χ4v) is 3.46. The van der Waals surface area contributed by atoms with Crippen LogP contribution < -0.4 is 5.32 Å². The normalized spacial score (nSPS) is 42.2. The van der Waals surface area contributed by atoms with Crippen LogP contribution in [0, 0.1) is 17.8 Å². The van der Waals surface area contributed by atoms with Crippen LogP contribution in [0.25, 0.3) is 0 Å². The fraction of sp³-hybridized carbons (Fsp3) is 0.909. The van der Waals surface area contributed by atoms with Crippen LogP contribution in [0.3, 0.4) is 0 Å². The van der Waals surface area contributed by atoms with Crippen molar-refractivity contribution < 1.29 is 0 Å². The average Bonchev–Trinajstić information content (AvgIpc) is 2.77. The van der Waals surface area contributed by atoms with E-state index in [0.29, 0.717) is 0 Å². The summed E-state index contributed by atoms with van der Waals surface area (Å²) in [5, 5.41) is 3.39. The summed E-state index contributed by atoms with van der Waals surface area (Å²) in [7, 11) is 0. The minimum absolute atomic E-state index is 0.975. The Morgan fingerprint density at radius 3 is 2.92 bits per heavy atom. The SMILES string of the molecule is C1CNC(CC2CC3CCC2C3)=N1. The molecule has 2 aliphatic carbocycles. The summed E-state index contributed by atoms with van der Waals surface area (Å²) < 4.78 is 0. The quantitative estimate of drug-likeness (QED) is 0.685. The van der Waals surface area contributed by atoms with Gasteiger partial charge in [0.15, 0.2) is 0 Å². The fourth-order valence-electron chi connectivity index (χ4n) is 3.46. The van der Waals surface area contributed by atoms with Gasteiger partial charge in [-0.05, 0) is 37.0 Å². The van der Waals surface area contributed by atoms with Gasteiger partial charge >= 0.3 is 0 Å². The molecule has 2 nitrogen and oxygen atoms in total. The highest BCUT2D eigenvalue weighted by atomic mass is 15.1. The van der Waals surface area contributed by atoms with Crippen molar-refractivity contribution in [2.24, 2.45) is 22.7 Å². The molecule has 72 valence electrons. The van der Waals surface area contributed by atoms with Gasteiger partial charge in [-0.1, -0.05) is 6.42 Å². The van der Waals surface area contributed by atoms with E-state index in [0.717, 1.165) is 30.8 Å². The highest BCUT2D eigenvalue weighted by Gasteiger charge is 2.39. The lowest BCUT2D eigenvalue weighted by Crippen LogP contribution is -2.23. The van der Waals surface area contributed by atoms with Crippen molar-refractivity contribution >= 4 is 5.84 Å². The first kappa shape index (κ1) is 7.84. The number of hydrogen-bond donors (Lipinski definition) is 1.